The highest BCUT2D eigenvalue weighted by molar-refractivity contribution is 5.34. The van der Waals surface area contributed by atoms with Crippen LogP contribution in [-0.2, 0) is 0 Å². The Labute approximate surface area is 47.1 Å². The van der Waals surface area contributed by atoms with Crippen LogP contribution in [0.4, 0.5) is 5.69 Å². The molecule has 8 heavy (non-hydrogen) atoms. The van der Waals surface area contributed by atoms with Gasteiger partial charge in [-0.3, -0.25) is 0 Å². The Morgan fingerprint density at radius 1 is 1.62 bits per heavy atom. The van der Waals surface area contributed by atoms with E-state index in [0.29, 0.717) is 5.69 Å². The third-order valence-electron chi connectivity index (χ3n) is 0.796. The lowest BCUT2D eigenvalue weighted by atomic mass is 10.3. The highest BCUT2D eigenvalue weighted by Gasteiger charge is 1.81. The molecule has 1 aromatic rings. The molecule has 0 aliphatic rings. The molecule has 0 amide bonds. The maximum atomic E-state index is 9.74. The van der Waals surface area contributed by atoms with Crippen molar-refractivity contribution in [1.82, 2.24) is 0 Å². The Balaban J connectivity index is 2.99. The fourth-order valence-electron chi connectivity index (χ4n) is 0.441. The van der Waals surface area contributed by atoms with Crippen LogP contribution in [0, 0.1) is 11.0 Å². The molecule has 0 saturated heterocycles. The van der Waals surface area contributed by atoms with Gasteiger partial charge in [0.25, 0.3) is 0 Å². The van der Waals surface area contributed by atoms with Gasteiger partial charge in [-0.1, -0.05) is 12.1 Å². The fourth-order valence-corrected chi connectivity index (χ4v) is 0.441. The van der Waals surface area contributed by atoms with Crippen LogP contribution in [-0.4, -0.2) is 0 Å². The molecule has 0 aliphatic heterocycles. The van der Waals surface area contributed by atoms with E-state index in [1.165, 1.54) is 6.07 Å². The molecule has 0 bridgehead atoms. The molecule has 0 aromatic heterocycles. The van der Waals surface area contributed by atoms with Gasteiger partial charge in [-0.05, 0) is 23.4 Å². The maximum absolute atomic E-state index is 9.74. The summed E-state index contributed by atoms with van der Waals surface area (Å²) in [4.78, 5) is 9.74. The zero-order chi connectivity index (χ0) is 5.82. The van der Waals surface area contributed by atoms with Crippen LogP contribution in [0.5, 0.6) is 0 Å². The lowest BCUT2D eigenvalue weighted by Gasteiger charge is -1.79. The molecule has 0 fully saturated rings. The monoisotopic (exact) mass is 106 g/mol. The predicted molar refractivity (Wildman–Crippen MR) is 30.7 cm³/mol. The summed E-state index contributed by atoms with van der Waals surface area (Å²) in [6, 6.07) is 9.32. The number of hydrogen-bond donors (Lipinski definition) is 0. The smallest absolute Gasteiger partial charge is 0.108 e. The lowest BCUT2D eigenvalue weighted by Crippen LogP contribution is -1.57. The van der Waals surface area contributed by atoms with Gasteiger partial charge >= 0.3 is 0 Å². The molecule has 1 aromatic carbocycles. The first-order chi connectivity index (χ1) is 3.93. The highest BCUT2D eigenvalue weighted by atomic mass is 16.3. The van der Waals surface area contributed by atoms with Crippen molar-refractivity contribution in [3.05, 3.63) is 35.2 Å². The summed E-state index contributed by atoms with van der Waals surface area (Å²) in [5, 5.41) is 2.69. The van der Waals surface area contributed by atoms with E-state index in [1.54, 1.807) is 18.2 Å². The van der Waals surface area contributed by atoms with Crippen molar-refractivity contribution in [2.24, 2.45) is 5.18 Å². The molecule has 0 heterocycles. The van der Waals surface area contributed by atoms with Gasteiger partial charge in [0.1, 0.15) is 5.69 Å². The average molecular weight is 106 g/mol. The van der Waals surface area contributed by atoms with E-state index in [1.807, 2.05) is 0 Å². The van der Waals surface area contributed by atoms with Crippen molar-refractivity contribution in [2.45, 2.75) is 0 Å². The molecule has 2 nitrogen and oxygen atoms in total. The van der Waals surface area contributed by atoms with E-state index >= 15 is 0 Å². The highest BCUT2D eigenvalue weighted by Crippen LogP contribution is 2.06. The minimum atomic E-state index is 0.424. The molecular formula is C6H4NO. The molecule has 2 heteroatoms. The molecule has 0 unspecified atom stereocenters. The summed E-state index contributed by atoms with van der Waals surface area (Å²) in [6.07, 6.45) is 0. The van der Waals surface area contributed by atoms with Crippen LogP contribution < -0.4 is 0 Å². The SMILES string of the molecule is O=Nc1c[c]ccc1. The van der Waals surface area contributed by atoms with E-state index in [4.69, 9.17) is 0 Å². The van der Waals surface area contributed by atoms with Crippen LogP contribution in [0.3, 0.4) is 0 Å². The van der Waals surface area contributed by atoms with Crippen LogP contribution in [0.1, 0.15) is 0 Å². The van der Waals surface area contributed by atoms with E-state index in [0.717, 1.165) is 0 Å². The Morgan fingerprint density at radius 3 is 2.88 bits per heavy atom. The van der Waals surface area contributed by atoms with E-state index in [2.05, 4.69) is 11.2 Å². The Kier molecular flexibility index (Phi) is 1.37. The second-order valence-corrected chi connectivity index (χ2v) is 1.35. The van der Waals surface area contributed by atoms with Gasteiger partial charge in [0.15, 0.2) is 0 Å². The summed E-state index contributed by atoms with van der Waals surface area (Å²) in [5.41, 5.74) is 0.424. The molecular weight excluding hydrogens is 102 g/mol. The van der Waals surface area contributed by atoms with E-state index < -0.39 is 0 Å². The predicted octanol–water partition coefficient (Wildman–Crippen LogP) is 1.88. The van der Waals surface area contributed by atoms with Crippen molar-refractivity contribution in [3.8, 4) is 0 Å². The first-order valence-corrected chi connectivity index (χ1v) is 2.23. The Morgan fingerprint density at radius 2 is 2.50 bits per heavy atom. The molecule has 0 spiro atoms. The standard InChI is InChI=1S/C6H4NO/c8-7-6-4-2-1-3-5-6/h1-2,4-5H. The van der Waals surface area contributed by atoms with Crippen molar-refractivity contribution < 1.29 is 0 Å². The quantitative estimate of drug-likeness (QED) is 0.502. The van der Waals surface area contributed by atoms with E-state index in [-0.39, 0.29) is 0 Å². The van der Waals surface area contributed by atoms with Crippen molar-refractivity contribution in [3.63, 3.8) is 0 Å². The van der Waals surface area contributed by atoms with Gasteiger partial charge < -0.3 is 0 Å². The first kappa shape index (κ1) is 4.97. The molecule has 0 aliphatic carbocycles. The minimum Gasteiger partial charge on any atom is -0.145 e. The minimum absolute atomic E-state index is 0.424. The molecule has 0 saturated carbocycles. The van der Waals surface area contributed by atoms with Crippen LogP contribution in [0.25, 0.3) is 0 Å². The summed E-state index contributed by atoms with van der Waals surface area (Å²) in [7, 11) is 0. The molecule has 1 rings (SSSR count). The molecule has 0 N–H and O–H groups in total. The normalized spacial score (nSPS) is 8.50. The largest absolute Gasteiger partial charge is 0.145 e. The number of nitroso groups, excluding NO2 is 1. The van der Waals surface area contributed by atoms with Crippen LogP contribution >= 0.6 is 0 Å². The zero-order valence-corrected chi connectivity index (χ0v) is 4.16. The number of hydrogen-bond acceptors (Lipinski definition) is 2. The number of rotatable bonds is 1. The maximum Gasteiger partial charge on any atom is 0.108 e. The summed E-state index contributed by atoms with van der Waals surface area (Å²) < 4.78 is 0. The van der Waals surface area contributed by atoms with Gasteiger partial charge in [-0.25, -0.2) is 0 Å². The van der Waals surface area contributed by atoms with Crippen molar-refractivity contribution >= 4 is 5.69 Å². The number of benzene rings is 1. The van der Waals surface area contributed by atoms with Gasteiger partial charge in [-0.15, -0.1) is 4.91 Å². The molecule has 0 atom stereocenters. The third-order valence-corrected chi connectivity index (χ3v) is 0.796. The second kappa shape index (κ2) is 2.21. The summed E-state index contributed by atoms with van der Waals surface area (Å²) in [6.45, 7) is 0. The van der Waals surface area contributed by atoms with Crippen LogP contribution in [0.2, 0.25) is 0 Å². The zero-order valence-electron chi connectivity index (χ0n) is 4.16. The average Bonchev–Trinajstić information content (AvgIpc) is 1.90. The van der Waals surface area contributed by atoms with Crippen molar-refractivity contribution in [2.75, 3.05) is 0 Å². The van der Waals surface area contributed by atoms with E-state index in [9.17, 15) is 4.91 Å². The lowest BCUT2D eigenvalue weighted by molar-refractivity contribution is 1.49. The summed E-state index contributed by atoms with van der Waals surface area (Å²) in [5.74, 6) is 0. The topological polar surface area (TPSA) is 29.4 Å². The summed E-state index contributed by atoms with van der Waals surface area (Å²) >= 11 is 0. The third kappa shape index (κ3) is 0.904. The number of nitrogens with zero attached hydrogens (tertiary/aromatic N) is 1. The van der Waals surface area contributed by atoms with Gasteiger partial charge in [-0.2, -0.15) is 0 Å². The first-order valence-electron chi connectivity index (χ1n) is 2.23. The van der Waals surface area contributed by atoms with Crippen LogP contribution in [0.15, 0.2) is 29.4 Å². The second-order valence-electron chi connectivity index (χ2n) is 1.35. The van der Waals surface area contributed by atoms with Crippen molar-refractivity contribution in [1.29, 1.82) is 0 Å². The van der Waals surface area contributed by atoms with Gasteiger partial charge in [0.2, 0.25) is 0 Å². The van der Waals surface area contributed by atoms with Gasteiger partial charge in [0, 0.05) is 0 Å². The molecule has 1 radical (unpaired) electrons. The van der Waals surface area contributed by atoms with Gasteiger partial charge in [0.05, 0.1) is 0 Å². The Bertz CT molecular complexity index is 171. The Hall–Kier alpha value is -1.18. The fraction of sp³-hybridized carbons (Fsp3) is 0. The molecule has 39 valence electrons.